The summed E-state index contributed by atoms with van der Waals surface area (Å²) < 4.78 is 0. The quantitative estimate of drug-likeness (QED) is 0.590. The second-order valence-electron chi connectivity index (χ2n) is 3.89. The summed E-state index contributed by atoms with van der Waals surface area (Å²) >= 11 is 0. The van der Waals surface area contributed by atoms with E-state index in [-0.39, 0.29) is 17.4 Å². The van der Waals surface area contributed by atoms with E-state index in [0.29, 0.717) is 0 Å². The molecule has 1 atom stereocenters. The summed E-state index contributed by atoms with van der Waals surface area (Å²) in [6.45, 7) is 9.45. The third kappa shape index (κ3) is 4.02. The number of rotatable bonds is 1. The zero-order chi connectivity index (χ0) is 9.78. The molecule has 1 N–H and O–H groups in total. The summed E-state index contributed by atoms with van der Waals surface area (Å²) in [5.41, 5.74) is -0.00528. The maximum Gasteiger partial charge on any atom is 0.217 e. The van der Waals surface area contributed by atoms with Gasteiger partial charge in [-0.05, 0) is 12.3 Å². The molecule has 1 amide bonds. The van der Waals surface area contributed by atoms with E-state index < -0.39 is 0 Å². The Kier molecular flexibility index (Phi) is 3.82. The van der Waals surface area contributed by atoms with Crippen LogP contribution in [0, 0.1) is 17.3 Å². The Labute approximate surface area is 74.7 Å². The van der Waals surface area contributed by atoms with Crippen molar-refractivity contribution in [3.8, 4) is 11.8 Å². The molecule has 0 unspecified atom stereocenters. The van der Waals surface area contributed by atoms with Gasteiger partial charge in [0.25, 0.3) is 0 Å². The first-order valence-electron chi connectivity index (χ1n) is 4.07. The Bertz CT molecular complexity index is 214. The van der Waals surface area contributed by atoms with E-state index in [9.17, 15) is 4.79 Å². The van der Waals surface area contributed by atoms with Crippen LogP contribution >= 0.6 is 0 Å². The molecule has 0 saturated carbocycles. The summed E-state index contributed by atoms with van der Waals surface area (Å²) in [5.74, 6) is 5.76. The molecular weight excluding hydrogens is 150 g/mol. The number of nitrogens with one attached hydrogen (secondary N) is 1. The highest BCUT2D eigenvalue weighted by atomic mass is 16.1. The van der Waals surface area contributed by atoms with Gasteiger partial charge in [0.2, 0.25) is 5.91 Å². The van der Waals surface area contributed by atoms with E-state index in [1.54, 1.807) is 6.92 Å². The van der Waals surface area contributed by atoms with Crippen molar-refractivity contribution in [3.63, 3.8) is 0 Å². The van der Waals surface area contributed by atoms with Gasteiger partial charge in [-0.15, -0.1) is 5.92 Å². The Morgan fingerprint density at radius 2 is 1.92 bits per heavy atom. The second kappa shape index (κ2) is 4.15. The molecule has 0 saturated heterocycles. The maximum atomic E-state index is 10.8. The van der Waals surface area contributed by atoms with E-state index in [1.807, 2.05) is 0 Å². The topological polar surface area (TPSA) is 29.1 Å². The first kappa shape index (κ1) is 11.0. The molecule has 0 aromatic carbocycles. The Balaban J connectivity index is 4.41. The average molecular weight is 167 g/mol. The monoisotopic (exact) mass is 167 g/mol. The van der Waals surface area contributed by atoms with Crippen molar-refractivity contribution < 1.29 is 4.79 Å². The first-order chi connectivity index (χ1) is 5.38. The summed E-state index contributed by atoms with van der Waals surface area (Å²) in [5, 5.41) is 2.81. The van der Waals surface area contributed by atoms with Crippen molar-refractivity contribution in [2.24, 2.45) is 5.41 Å². The normalized spacial score (nSPS) is 12.8. The predicted octanol–water partition coefficient (Wildman–Crippen LogP) is 1.56. The molecule has 0 bridgehead atoms. The summed E-state index contributed by atoms with van der Waals surface area (Å²) in [4.78, 5) is 10.8. The van der Waals surface area contributed by atoms with E-state index in [1.165, 1.54) is 6.92 Å². The van der Waals surface area contributed by atoms with Gasteiger partial charge in [-0.25, -0.2) is 0 Å². The SMILES string of the molecule is CC#C[C@@H](NC(C)=O)C(C)(C)C. The molecular formula is C10H17NO. The lowest BCUT2D eigenvalue weighted by Crippen LogP contribution is -2.41. The van der Waals surface area contributed by atoms with Gasteiger partial charge in [0, 0.05) is 6.92 Å². The molecule has 12 heavy (non-hydrogen) atoms. The van der Waals surface area contributed by atoms with Crippen molar-refractivity contribution in [2.75, 3.05) is 0 Å². The van der Waals surface area contributed by atoms with Crippen LogP contribution in [0.1, 0.15) is 34.6 Å². The van der Waals surface area contributed by atoms with Crippen molar-refractivity contribution >= 4 is 5.91 Å². The lowest BCUT2D eigenvalue weighted by atomic mass is 9.87. The van der Waals surface area contributed by atoms with Crippen molar-refractivity contribution in [2.45, 2.75) is 40.7 Å². The van der Waals surface area contributed by atoms with Gasteiger partial charge in [0.1, 0.15) is 0 Å². The van der Waals surface area contributed by atoms with Crippen molar-refractivity contribution in [1.82, 2.24) is 5.32 Å². The highest BCUT2D eigenvalue weighted by Crippen LogP contribution is 2.18. The first-order valence-corrected chi connectivity index (χ1v) is 4.07. The molecule has 0 fully saturated rings. The summed E-state index contributed by atoms with van der Waals surface area (Å²) in [6.07, 6.45) is 0. The standard InChI is InChI=1S/C10H17NO/c1-6-7-9(10(3,4)5)11-8(2)12/h9H,1-5H3,(H,11,12)/t9-/m1/s1. The van der Waals surface area contributed by atoms with Crippen LogP contribution in [0.4, 0.5) is 0 Å². The van der Waals surface area contributed by atoms with Crippen LogP contribution in [0.5, 0.6) is 0 Å². The third-order valence-electron chi connectivity index (χ3n) is 1.50. The minimum Gasteiger partial charge on any atom is -0.342 e. The number of amides is 1. The lowest BCUT2D eigenvalue weighted by molar-refractivity contribution is -0.119. The number of hydrogen-bond donors (Lipinski definition) is 1. The molecule has 0 rings (SSSR count). The Morgan fingerprint density at radius 1 is 1.42 bits per heavy atom. The average Bonchev–Trinajstić information content (AvgIpc) is 1.83. The second-order valence-corrected chi connectivity index (χ2v) is 3.89. The van der Waals surface area contributed by atoms with Crippen molar-refractivity contribution in [3.05, 3.63) is 0 Å². The number of carbonyl (C=O) groups excluding carboxylic acids is 1. The van der Waals surface area contributed by atoms with E-state index in [4.69, 9.17) is 0 Å². The van der Waals surface area contributed by atoms with Crippen LogP contribution in [0.3, 0.4) is 0 Å². The van der Waals surface area contributed by atoms with Crippen LogP contribution in [-0.4, -0.2) is 11.9 Å². The highest BCUT2D eigenvalue weighted by molar-refractivity contribution is 5.73. The fourth-order valence-corrected chi connectivity index (χ4v) is 0.817. The van der Waals surface area contributed by atoms with Crippen LogP contribution in [0.15, 0.2) is 0 Å². The van der Waals surface area contributed by atoms with Gasteiger partial charge >= 0.3 is 0 Å². The third-order valence-corrected chi connectivity index (χ3v) is 1.50. The zero-order valence-electron chi connectivity index (χ0n) is 8.49. The van der Waals surface area contributed by atoms with E-state index in [0.717, 1.165) is 0 Å². The van der Waals surface area contributed by atoms with Gasteiger partial charge in [-0.3, -0.25) is 4.79 Å². The summed E-state index contributed by atoms with van der Waals surface area (Å²) in [6, 6.07) is -0.0556. The van der Waals surface area contributed by atoms with Crippen LogP contribution < -0.4 is 5.32 Å². The van der Waals surface area contributed by atoms with Crippen molar-refractivity contribution in [1.29, 1.82) is 0 Å². The molecule has 0 aliphatic carbocycles. The Hall–Kier alpha value is -0.970. The largest absolute Gasteiger partial charge is 0.342 e. The summed E-state index contributed by atoms with van der Waals surface area (Å²) in [7, 11) is 0. The maximum absolute atomic E-state index is 10.8. The van der Waals surface area contributed by atoms with Crippen LogP contribution in [-0.2, 0) is 4.79 Å². The number of carbonyl (C=O) groups is 1. The fraction of sp³-hybridized carbons (Fsp3) is 0.700. The van der Waals surface area contributed by atoms with Gasteiger partial charge in [0.05, 0.1) is 6.04 Å². The molecule has 2 heteroatoms. The molecule has 2 nitrogen and oxygen atoms in total. The molecule has 0 aliphatic rings. The van der Waals surface area contributed by atoms with Gasteiger partial charge in [0.15, 0.2) is 0 Å². The number of hydrogen-bond acceptors (Lipinski definition) is 1. The van der Waals surface area contributed by atoms with Gasteiger partial charge in [-0.2, -0.15) is 0 Å². The van der Waals surface area contributed by atoms with Gasteiger partial charge < -0.3 is 5.32 Å². The predicted molar refractivity (Wildman–Crippen MR) is 50.5 cm³/mol. The van der Waals surface area contributed by atoms with Crippen LogP contribution in [0.2, 0.25) is 0 Å². The molecule has 0 aromatic heterocycles. The zero-order valence-corrected chi connectivity index (χ0v) is 8.49. The fourth-order valence-electron chi connectivity index (χ4n) is 0.817. The van der Waals surface area contributed by atoms with Crippen LogP contribution in [0.25, 0.3) is 0 Å². The lowest BCUT2D eigenvalue weighted by Gasteiger charge is -2.26. The molecule has 0 radical (unpaired) electrons. The Morgan fingerprint density at radius 3 is 2.17 bits per heavy atom. The molecule has 0 heterocycles. The minimum atomic E-state index is -0.0556. The minimum absolute atomic E-state index is 0.00528. The molecule has 0 spiro atoms. The van der Waals surface area contributed by atoms with E-state index >= 15 is 0 Å². The molecule has 0 aliphatic heterocycles. The van der Waals surface area contributed by atoms with Gasteiger partial charge in [-0.1, -0.05) is 26.7 Å². The smallest absolute Gasteiger partial charge is 0.217 e. The van der Waals surface area contributed by atoms with E-state index in [2.05, 4.69) is 37.9 Å². The molecule has 0 aromatic rings. The molecule has 68 valence electrons. The highest BCUT2D eigenvalue weighted by Gasteiger charge is 2.22.